The molecule has 0 spiro atoms. The van der Waals surface area contributed by atoms with Gasteiger partial charge < -0.3 is 0 Å². The van der Waals surface area contributed by atoms with E-state index in [4.69, 9.17) is 0 Å². The van der Waals surface area contributed by atoms with Gasteiger partial charge in [0, 0.05) is 0 Å². The van der Waals surface area contributed by atoms with Crippen molar-refractivity contribution in [2.75, 3.05) is 0 Å². The van der Waals surface area contributed by atoms with Crippen LogP contribution in [0.2, 0.25) is 0 Å². The summed E-state index contributed by atoms with van der Waals surface area (Å²) >= 11 is 0. The second-order valence-electron chi connectivity index (χ2n) is 6.59. The number of hydrogen-bond acceptors (Lipinski definition) is 0. The van der Waals surface area contributed by atoms with E-state index in [1.54, 1.807) is 0 Å². The molecule has 0 N–H and O–H groups in total. The van der Waals surface area contributed by atoms with Crippen LogP contribution in [0.5, 0.6) is 0 Å². The summed E-state index contributed by atoms with van der Waals surface area (Å²) in [5, 5.41) is 0. The molecule has 0 heterocycles. The summed E-state index contributed by atoms with van der Waals surface area (Å²) in [7, 11) is 0. The summed E-state index contributed by atoms with van der Waals surface area (Å²) in [4.78, 5) is 0. The molecule has 0 fully saturated rings. The Labute approximate surface area is 161 Å². The highest BCUT2D eigenvalue weighted by Gasteiger charge is 2.06. The standard InChI is InChI=1S/C27H22/c1-2-27(25-17-13-23(14-18-25)21-9-5-3-6-10-21)26-19-15-24(16-20-26)22-11-7-4-8-12-22/h2-20H,1H3. The summed E-state index contributed by atoms with van der Waals surface area (Å²) in [5.41, 5.74) is 8.73. The number of allylic oxidation sites excluding steroid dienone is 1. The Bertz CT molecular complexity index is 938. The van der Waals surface area contributed by atoms with Crippen molar-refractivity contribution in [2.45, 2.75) is 6.92 Å². The van der Waals surface area contributed by atoms with Crippen LogP contribution in [-0.2, 0) is 0 Å². The topological polar surface area (TPSA) is 0 Å². The third-order valence-electron chi connectivity index (χ3n) is 4.89. The van der Waals surface area contributed by atoms with Gasteiger partial charge in [0.15, 0.2) is 0 Å². The first-order valence-electron chi connectivity index (χ1n) is 9.33. The van der Waals surface area contributed by atoms with Crippen LogP contribution < -0.4 is 0 Å². The normalized spacial score (nSPS) is 10.4. The van der Waals surface area contributed by atoms with Crippen LogP contribution in [-0.4, -0.2) is 0 Å². The minimum atomic E-state index is 1.24. The maximum atomic E-state index is 2.21. The summed E-state index contributed by atoms with van der Waals surface area (Å²) < 4.78 is 0. The van der Waals surface area contributed by atoms with Gasteiger partial charge in [-0.25, -0.2) is 0 Å². The van der Waals surface area contributed by atoms with Crippen LogP contribution in [0.25, 0.3) is 27.8 Å². The lowest BCUT2D eigenvalue weighted by atomic mass is 9.94. The molecule has 130 valence electrons. The van der Waals surface area contributed by atoms with Gasteiger partial charge in [0.25, 0.3) is 0 Å². The van der Waals surface area contributed by atoms with E-state index in [9.17, 15) is 0 Å². The van der Waals surface area contributed by atoms with Crippen LogP contribution in [0.4, 0.5) is 0 Å². The van der Waals surface area contributed by atoms with E-state index in [0.717, 1.165) is 0 Å². The summed E-state index contributed by atoms with van der Waals surface area (Å²) in [6.07, 6.45) is 2.19. The maximum absolute atomic E-state index is 2.21. The summed E-state index contributed by atoms with van der Waals surface area (Å²) in [6.45, 7) is 2.10. The van der Waals surface area contributed by atoms with Crippen molar-refractivity contribution in [3.63, 3.8) is 0 Å². The SMILES string of the molecule is CC=C(c1ccc(-c2ccccc2)cc1)c1ccc(-c2ccccc2)cc1. The van der Waals surface area contributed by atoms with Crippen LogP contribution in [0.1, 0.15) is 18.1 Å². The molecule has 0 saturated heterocycles. The predicted molar refractivity (Wildman–Crippen MR) is 117 cm³/mol. The van der Waals surface area contributed by atoms with Crippen molar-refractivity contribution in [3.05, 3.63) is 126 Å². The molecule has 0 nitrogen and oxygen atoms in total. The Morgan fingerprint density at radius 2 is 0.778 bits per heavy atom. The van der Waals surface area contributed by atoms with E-state index in [1.165, 1.54) is 39.0 Å². The highest BCUT2D eigenvalue weighted by molar-refractivity contribution is 5.82. The van der Waals surface area contributed by atoms with Crippen LogP contribution >= 0.6 is 0 Å². The first kappa shape index (κ1) is 17.1. The van der Waals surface area contributed by atoms with Crippen molar-refractivity contribution < 1.29 is 0 Å². The first-order chi connectivity index (χ1) is 13.3. The fourth-order valence-electron chi connectivity index (χ4n) is 3.45. The fourth-order valence-corrected chi connectivity index (χ4v) is 3.45. The lowest BCUT2D eigenvalue weighted by molar-refractivity contribution is 1.51. The maximum Gasteiger partial charge on any atom is -0.0154 e. The van der Waals surface area contributed by atoms with E-state index in [-0.39, 0.29) is 0 Å². The Kier molecular flexibility index (Phi) is 4.98. The van der Waals surface area contributed by atoms with E-state index < -0.39 is 0 Å². The van der Waals surface area contributed by atoms with Gasteiger partial charge in [-0.3, -0.25) is 0 Å². The van der Waals surface area contributed by atoms with Gasteiger partial charge in [-0.05, 0) is 45.9 Å². The average Bonchev–Trinajstić information content (AvgIpc) is 2.76. The van der Waals surface area contributed by atoms with E-state index in [2.05, 4.69) is 122 Å². The number of rotatable bonds is 4. The molecule has 0 amide bonds. The van der Waals surface area contributed by atoms with Gasteiger partial charge in [0.05, 0.1) is 0 Å². The van der Waals surface area contributed by atoms with Crippen LogP contribution in [0.3, 0.4) is 0 Å². The second-order valence-corrected chi connectivity index (χ2v) is 6.59. The molecule has 0 aromatic heterocycles. The smallest absolute Gasteiger partial charge is 0.0154 e. The van der Waals surface area contributed by atoms with Gasteiger partial charge in [0.2, 0.25) is 0 Å². The third kappa shape index (κ3) is 3.75. The lowest BCUT2D eigenvalue weighted by Gasteiger charge is -2.11. The van der Waals surface area contributed by atoms with Crippen molar-refractivity contribution in [3.8, 4) is 22.3 Å². The van der Waals surface area contributed by atoms with Crippen molar-refractivity contribution >= 4 is 5.57 Å². The molecule has 0 unspecified atom stereocenters. The molecule has 0 aliphatic heterocycles. The second kappa shape index (κ2) is 7.88. The molecule has 0 saturated carbocycles. The molecule has 0 radical (unpaired) electrons. The molecular weight excluding hydrogens is 324 g/mol. The monoisotopic (exact) mass is 346 g/mol. The largest absolute Gasteiger partial charge is 0.0792 e. The molecule has 4 aromatic carbocycles. The van der Waals surface area contributed by atoms with Gasteiger partial charge in [0.1, 0.15) is 0 Å². The predicted octanol–water partition coefficient (Wildman–Crippen LogP) is 7.47. The molecule has 0 aliphatic rings. The van der Waals surface area contributed by atoms with Crippen molar-refractivity contribution in [2.24, 2.45) is 0 Å². The van der Waals surface area contributed by atoms with Gasteiger partial charge in [-0.15, -0.1) is 0 Å². The zero-order chi connectivity index (χ0) is 18.5. The van der Waals surface area contributed by atoms with Crippen LogP contribution in [0.15, 0.2) is 115 Å². The Balaban J connectivity index is 1.61. The van der Waals surface area contributed by atoms with E-state index >= 15 is 0 Å². The number of hydrogen-bond donors (Lipinski definition) is 0. The molecule has 27 heavy (non-hydrogen) atoms. The Hall–Kier alpha value is -3.38. The van der Waals surface area contributed by atoms with E-state index in [1.807, 2.05) is 0 Å². The first-order valence-corrected chi connectivity index (χ1v) is 9.33. The third-order valence-corrected chi connectivity index (χ3v) is 4.89. The summed E-state index contributed by atoms with van der Waals surface area (Å²) in [5.74, 6) is 0. The minimum absolute atomic E-state index is 1.24. The Morgan fingerprint density at radius 1 is 0.444 bits per heavy atom. The van der Waals surface area contributed by atoms with Crippen molar-refractivity contribution in [1.82, 2.24) is 0 Å². The lowest BCUT2D eigenvalue weighted by Crippen LogP contribution is -1.89. The van der Waals surface area contributed by atoms with Crippen molar-refractivity contribution in [1.29, 1.82) is 0 Å². The van der Waals surface area contributed by atoms with Crippen LogP contribution in [0, 0.1) is 0 Å². The molecular formula is C27H22. The fraction of sp³-hybridized carbons (Fsp3) is 0.0370. The molecule has 0 bridgehead atoms. The van der Waals surface area contributed by atoms with E-state index in [0.29, 0.717) is 0 Å². The summed E-state index contributed by atoms with van der Waals surface area (Å²) in [6, 6.07) is 38.6. The average molecular weight is 346 g/mol. The van der Waals surface area contributed by atoms with Gasteiger partial charge >= 0.3 is 0 Å². The molecule has 4 rings (SSSR count). The highest BCUT2D eigenvalue weighted by Crippen LogP contribution is 2.28. The highest BCUT2D eigenvalue weighted by atomic mass is 14.1. The zero-order valence-electron chi connectivity index (χ0n) is 15.5. The molecule has 0 aliphatic carbocycles. The number of benzene rings is 4. The minimum Gasteiger partial charge on any atom is -0.0792 e. The van der Waals surface area contributed by atoms with Gasteiger partial charge in [-0.1, -0.05) is 115 Å². The quantitative estimate of drug-likeness (QED) is 0.359. The molecule has 0 heteroatoms. The Morgan fingerprint density at radius 3 is 1.11 bits per heavy atom. The zero-order valence-corrected chi connectivity index (χ0v) is 15.5. The van der Waals surface area contributed by atoms with Gasteiger partial charge in [-0.2, -0.15) is 0 Å². The molecule has 4 aromatic rings. The molecule has 0 atom stereocenters.